The summed E-state index contributed by atoms with van der Waals surface area (Å²) in [5.41, 5.74) is 2.34. The van der Waals surface area contributed by atoms with Gasteiger partial charge < -0.3 is 10.2 Å². The van der Waals surface area contributed by atoms with E-state index in [0.29, 0.717) is 11.8 Å². The summed E-state index contributed by atoms with van der Waals surface area (Å²) < 4.78 is 0. The molecule has 0 saturated carbocycles. The van der Waals surface area contributed by atoms with Gasteiger partial charge in [-0.2, -0.15) is 0 Å². The maximum atomic E-state index is 12.5. The van der Waals surface area contributed by atoms with Crippen LogP contribution in [-0.4, -0.2) is 17.7 Å². The average molecular weight is 381 g/mol. The van der Waals surface area contributed by atoms with E-state index in [-0.39, 0.29) is 5.91 Å². The van der Waals surface area contributed by atoms with E-state index in [2.05, 4.69) is 47.5 Å². The van der Waals surface area contributed by atoms with Crippen LogP contribution in [0.2, 0.25) is 0 Å². The summed E-state index contributed by atoms with van der Waals surface area (Å²) in [6, 6.07) is 22.4. The molecule has 1 atom stereocenters. The lowest BCUT2D eigenvalue weighted by molar-refractivity contribution is 0.0955. The Hall–Kier alpha value is -2.24. The number of thiophene rings is 1. The summed E-state index contributed by atoms with van der Waals surface area (Å²) in [5.74, 6) is -0.0159. The first-order chi connectivity index (χ1) is 12.7. The Labute approximate surface area is 162 Å². The molecule has 26 heavy (non-hydrogen) atoms. The molecule has 2 heterocycles. The Kier molecular flexibility index (Phi) is 5.00. The van der Waals surface area contributed by atoms with Crippen LogP contribution in [0.5, 0.6) is 0 Å². The van der Waals surface area contributed by atoms with Crippen molar-refractivity contribution in [3.8, 4) is 0 Å². The van der Waals surface area contributed by atoms with Crippen molar-refractivity contribution in [2.75, 3.05) is 11.4 Å². The molecule has 0 aliphatic carbocycles. The van der Waals surface area contributed by atoms with Gasteiger partial charge in [-0.3, -0.25) is 4.79 Å². The van der Waals surface area contributed by atoms with Crippen molar-refractivity contribution in [2.24, 2.45) is 0 Å². The molecular weight excluding hydrogens is 360 g/mol. The number of anilines is 2. The Morgan fingerprint density at radius 2 is 1.85 bits per heavy atom. The summed E-state index contributed by atoms with van der Waals surface area (Å²) in [7, 11) is 0. The topological polar surface area (TPSA) is 32.3 Å². The third-order valence-corrected chi connectivity index (χ3v) is 6.56. The second kappa shape index (κ2) is 7.56. The minimum Gasteiger partial charge on any atom is -0.347 e. The number of benzene rings is 2. The molecule has 0 fully saturated rings. The Bertz CT molecular complexity index is 907. The van der Waals surface area contributed by atoms with Gasteiger partial charge >= 0.3 is 0 Å². The molecule has 1 aliphatic rings. The molecule has 0 saturated heterocycles. The number of carbonyl (C=O) groups excluding carboxylic acids is 1. The van der Waals surface area contributed by atoms with E-state index >= 15 is 0 Å². The fourth-order valence-corrected chi connectivity index (χ4v) is 5.12. The SMILES string of the molecule is CC1CN(c2ccc(C(=O)NCc3ccccc3)s2)c2ccccc2S1. The van der Waals surface area contributed by atoms with Gasteiger partial charge in [0.05, 0.1) is 15.6 Å². The van der Waals surface area contributed by atoms with Crippen molar-refractivity contribution in [2.45, 2.75) is 23.6 Å². The fourth-order valence-electron chi connectivity index (χ4n) is 3.06. The fraction of sp³-hybridized carbons (Fsp3) is 0.190. The van der Waals surface area contributed by atoms with Crippen LogP contribution in [0.4, 0.5) is 10.7 Å². The first-order valence-corrected chi connectivity index (χ1v) is 10.4. The Balaban J connectivity index is 1.50. The number of nitrogens with one attached hydrogen (secondary N) is 1. The quantitative estimate of drug-likeness (QED) is 0.666. The van der Waals surface area contributed by atoms with Crippen molar-refractivity contribution in [1.29, 1.82) is 0 Å². The lowest BCUT2D eigenvalue weighted by Gasteiger charge is -2.33. The number of para-hydroxylation sites is 1. The summed E-state index contributed by atoms with van der Waals surface area (Å²) in [6.07, 6.45) is 0. The van der Waals surface area contributed by atoms with Crippen LogP contribution < -0.4 is 10.2 Å². The molecule has 1 unspecified atom stereocenters. The summed E-state index contributed by atoms with van der Waals surface area (Å²) in [5, 5.41) is 4.64. The van der Waals surface area contributed by atoms with Gasteiger partial charge in [0.15, 0.2) is 0 Å². The molecule has 0 spiro atoms. The molecule has 1 amide bonds. The van der Waals surface area contributed by atoms with E-state index < -0.39 is 0 Å². The van der Waals surface area contributed by atoms with Crippen LogP contribution in [0.25, 0.3) is 0 Å². The van der Waals surface area contributed by atoms with E-state index in [1.807, 2.05) is 48.2 Å². The zero-order valence-electron chi connectivity index (χ0n) is 14.5. The zero-order chi connectivity index (χ0) is 17.9. The normalized spacial score (nSPS) is 16.2. The Morgan fingerprint density at radius 3 is 2.69 bits per heavy atom. The molecule has 3 aromatic rings. The standard InChI is InChI=1S/C21H20N2OS2/c1-15-14-23(17-9-5-6-10-18(17)25-15)20-12-11-19(26-20)21(24)22-13-16-7-3-2-4-8-16/h2-12,15H,13-14H2,1H3,(H,22,24). The number of thioether (sulfide) groups is 1. The van der Waals surface area contributed by atoms with Crippen LogP contribution in [0.1, 0.15) is 22.2 Å². The van der Waals surface area contributed by atoms with E-state index in [9.17, 15) is 4.79 Å². The predicted octanol–water partition coefficient (Wildman–Crippen LogP) is 5.31. The van der Waals surface area contributed by atoms with Crippen molar-refractivity contribution < 1.29 is 4.79 Å². The molecule has 3 nitrogen and oxygen atoms in total. The smallest absolute Gasteiger partial charge is 0.261 e. The molecule has 2 aromatic carbocycles. The van der Waals surface area contributed by atoms with Gasteiger partial charge in [0.1, 0.15) is 0 Å². The second-order valence-corrected chi connectivity index (χ2v) is 8.86. The molecular formula is C21H20N2OS2. The highest BCUT2D eigenvalue weighted by molar-refractivity contribution is 8.00. The molecule has 132 valence electrons. The highest BCUT2D eigenvalue weighted by Gasteiger charge is 2.24. The van der Waals surface area contributed by atoms with Gasteiger partial charge in [-0.05, 0) is 29.8 Å². The lowest BCUT2D eigenvalue weighted by atomic mass is 10.2. The van der Waals surface area contributed by atoms with Crippen LogP contribution in [-0.2, 0) is 6.54 Å². The summed E-state index contributed by atoms with van der Waals surface area (Å²) in [6.45, 7) is 3.75. The third kappa shape index (κ3) is 3.64. The van der Waals surface area contributed by atoms with E-state index in [0.717, 1.165) is 22.0 Å². The van der Waals surface area contributed by atoms with E-state index in [1.54, 1.807) is 11.3 Å². The highest BCUT2D eigenvalue weighted by atomic mass is 32.2. The maximum absolute atomic E-state index is 12.5. The van der Waals surface area contributed by atoms with Gasteiger partial charge in [-0.15, -0.1) is 23.1 Å². The first-order valence-electron chi connectivity index (χ1n) is 8.66. The largest absolute Gasteiger partial charge is 0.347 e. The van der Waals surface area contributed by atoms with E-state index in [1.165, 1.54) is 10.6 Å². The summed E-state index contributed by atoms with van der Waals surface area (Å²) in [4.78, 5) is 16.9. The minimum absolute atomic E-state index is 0.0159. The number of nitrogens with zero attached hydrogens (tertiary/aromatic N) is 1. The van der Waals surface area contributed by atoms with Gasteiger partial charge in [0.2, 0.25) is 0 Å². The third-order valence-electron chi connectivity index (χ3n) is 4.30. The van der Waals surface area contributed by atoms with Gasteiger partial charge in [0.25, 0.3) is 5.91 Å². The molecule has 4 rings (SSSR count). The lowest BCUT2D eigenvalue weighted by Crippen LogP contribution is -2.28. The van der Waals surface area contributed by atoms with Crippen molar-refractivity contribution in [1.82, 2.24) is 5.32 Å². The maximum Gasteiger partial charge on any atom is 0.261 e. The molecule has 1 aromatic heterocycles. The number of fused-ring (bicyclic) bond motifs is 1. The first kappa shape index (κ1) is 17.2. The summed E-state index contributed by atoms with van der Waals surface area (Å²) >= 11 is 3.47. The van der Waals surface area contributed by atoms with Gasteiger partial charge in [-0.25, -0.2) is 0 Å². The van der Waals surface area contributed by atoms with E-state index in [4.69, 9.17) is 0 Å². The van der Waals surface area contributed by atoms with Crippen LogP contribution >= 0.6 is 23.1 Å². The molecule has 1 N–H and O–H groups in total. The number of hydrogen-bond donors (Lipinski definition) is 1. The molecule has 0 bridgehead atoms. The average Bonchev–Trinajstić information content (AvgIpc) is 3.16. The highest BCUT2D eigenvalue weighted by Crippen LogP contribution is 2.43. The number of hydrogen-bond acceptors (Lipinski definition) is 4. The second-order valence-electron chi connectivity index (χ2n) is 6.31. The van der Waals surface area contributed by atoms with Crippen LogP contribution in [0, 0.1) is 0 Å². The predicted molar refractivity (Wildman–Crippen MR) is 111 cm³/mol. The number of carbonyl (C=O) groups is 1. The number of amides is 1. The van der Waals surface area contributed by atoms with Crippen LogP contribution in [0.3, 0.4) is 0 Å². The zero-order valence-corrected chi connectivity index (χ0v) is 16.1. The minimum atomic E-state index is -0.0159. The monoisotopic (exact) mass is 380 g/mol. The van der Waals surface area contributed by atoms with Gasteiger partial charge in [0, 0.05) is 23.2 Å². The van der Waals surface area contributed by atoms with Crippen LogP contribution in [0.15, 0.2) is 71.6 Å². The molecule has 1 aliphatic heterocycles. The van der Waals surface area contributed by atoms with Gasteiger partial charge in [-0.1, -0.05) is 49.4 Å². The van der Waals surface area contributed by atoms with Crippen molar-refractivity contribution in [3.63, 3.8) is 0 Å². The van der Waals surface area contributed by atoms with Crippen molar-refractivity contribution in [3.05, 3.63) is 77.2 Å². The van der Waals surface area contributed by atoms with Crippen molar-refractivity contribution >= 4 is 39.7 Å². The number of rotatable bonds is 4. The Morgan fingerprint density at radius 1 is 1.08 bits per heavy atom. The molecule has 5 heteroatoms. The molecule has 0 radical (unpaired) electrons.